The quantitative estimate of drug-likeness (QED) is 0.849. The highest BCUT2D eigenvalue weighted by molar-refractivity contribution is 5.29. The highest BCUT2D eigenvalue weighted by Gasteiger charge is 2.33. The van der Waals surface area contributed by atoms with E-state index in [2.05, 4.69) is 61.5 Å². The van der Waals surface area contributed by atoms with Gasteiger partial charge in [-0.1, -0.05) is 60.2 Å². The Kier molecular flexibility index (Phi) is 3.62. The fraction of sp³-hybridized carbons (Fsp3) is 0.368. The van der Waals surface area contributed by atoms with Gasteiger partial charge in [0, 0.05) is 5.54 Å². The summed E-state index contributed by atoms with van der Waals surface area (Å²) in [5.74, 6) is 0.679. The summed E-state index contributed by atoms with van der Waals surface area (Å²) in [7, 11) is 0. The van der Waals surface area contributed by atoms with Gasteiger partial charge in [0.2, 0.25) is 0 Å². The predicted octanol–water partition coefficient (Wildman–Crippen LogP) is 4.51. The van der Waals surface area contributed by atoms with Crippen molar-refractivity contribution < 1.29 is 0 Å². The Balaban J connectivity index is 1.73. The molecule has 2 aromatic rings. The maximum atomic E-state index is 6.67. The molecule has 1 nitrogen and oxygen atoms in total. The maximum absolute atomic E-state index is 6.67. The van der Waals surface area contributed by atoms with Crippen LogP contribution < -0.4 is 5.73 Å². The molecule has 1 saturated carbocycles. The van der Waals surface area contributed by atoms with Gasteiger partial charge in [0.25, 0.3) is 0 Å². The summed E-state index contributed by atoms with van der Waals surface area (Å²) in [5, 5.41) is 0. The van der Waals surface area contributed by atoms with Crippen molar-refractivity contribution in [2.45, 2.75) is 44.1 Å². The first-order valence-corrected chi connectivity index (χ1v) is 7.58. The summed E-state index contributed by atoms with van der Waals surface area (Å²) in [6, 6.07) is 19.6. The summed E-state index contributed by atoms with van der Waals surface area (Å²) in [6.45, 7) is 2.12. The molecule has 2 N–H and O–H groups in total. The zero-order chi connectivity index (χ0) is 14.0. The molecule has 0 atom stereocenters. The van der Waals surface area contributed by atoms with Gasteiger partial charge in [-0.25, -0.2) is 0 Å². The molecule has 1 heteroatoms. The van der Waals surface area contributed by atoms with Crippen LogP contribution in [0.3, 0.4) is 0 Å². The van der Waals surface area contributed by atoms with E-state index in [-0.39, 0.29) is 5.54 Å². The van der Waals surface area contributed by atoms with Crippen LogP contribution in [-0.2, 0) is 5.54 Å². The summed E-state index contributed by atoms with van der Waals surface area (Å²) in [5.41, 5.74) is 10.6. The van der Waals surface area contributed by atoms with Gasteiger partial charge in [-0.05, 0) is 49.7 Å². The third kappa shape index (κ3) is 2.64. The molecule has 1 fully saturated rings. The van der Waals surface area contributed by atoms with Crippen molar-refractivity contribution in [2.75, 3.05) is 0 Å². The molecule has 0 spiro atoms. The third-order valence-corrected chi connectivity index (χ3v) is 4.78. The molecule has 0 aromatic heterocycles. The van der Waals surface area contributed by atoms with Crippen LogP contribution in [0.15, 0.2) is 54.6 Å². The molecule has 3 rings (SSSR count). The molecule has 0 saturated heterocycles. The molecule has 1 aliphatic carbocycles. The van der Waals surface area contributed by atoms with Crippen molar-refractivity contribution >= 4 is 0 Å². The van der Waals surface area contributed by atoms with Crippen LogP contribution in [0.25, 0.3) is 0 Å². The SMILES string of the molecule is Cc1ccc(C2(N)CCC(c3ccccc3)CC2)cc1. The van der Waals surface area contributed by atoms with E-state index in [0.717, 1.165) is 12.8 Å². The number of hydrogen-bond acceptors (Lipinski definition) is 1. The molecule has 2 aromatic carbocycles. The largest absolute Gasteiger partial charge is 0.321 e. The minimum absolute atomic E-state index is 0.126. The molecular weight excluding hydrogens is 242 g/mol. The van der Waals surface area contributed by atoms with Gasteiger partial charge in [-0.15, -0.1) is 0 Å². The second-order valence-corrected chi connectivity index (χ2v) is 6.21. The Hall–Kier alpha value is -1.60. The average Bonchev–Trinajstić information content (AvgIpc) is 2.49. The molecule has 0 radical (unpaired) electrons. The van der Waals surface area contributed by atoms with Crippen LogP contribution >= 0.6 is 0 Å². The van der Waals surface area contributed by atoms with E-state index < -0.39 is 0 Å². The van der Waals surface area contributed by atoms with E-state index in [1.807, 2.05) is 0 Å². The van der Waals surface area contributed by atoms with Crippen molar-refractivity contribution in [3.05, 3.63) is 71.3 Å². The summed E-state index contributed by atoms with van der Waals surface area (Å²) < 4.78 is 0. The third-order valence-electron chi connectivity index (χ3n) is 4.78. The lowest BCUT2D eigenvalue weighted by molar-refractivity contribution is 0.277. The topological polar surface area (TPSA) is 26.0 Å². The fourth-order valence-electron chi connectivity index (χ4n) is 3.37. The highest BCUT2D eigenvalue weighted by atomic mass is 14.7. The number of aryl methyl sites for hydroxylation is 1. The molecule has 20 heavy (non-hydrogen) atoms. The van der Waals surface area contributed by atoms with Crippen molar-refractivity contribution in [3.63, 3.8) is 0 Å². The number of rotatable bonds is 2. The Bertz CT molecular complexity index is 548. The van der Waals surface area contributed by atoms with Crippen molar-refractivity contribution in [1.29, 1.82) is 0 Å². The molecule has 104 valence electrons. The number of benzene rings is 2. The molecule has 0 amide bonds. The molecule has 0 bridgehead atoms. The lowest BCUT2D eigenvalue weighted by Gasteiger charge is -2.38. The smallest absolute Gasteiger partial charge is 0.0410 e. The Morgan fingerprint density at radius 1 is 0.900 bits per heavy atom. The minimum Gasteiger partial charge on any atom is -0.321 e. The van der Waals surface area contributed by atoms with Crippen LogP contribution in [0.1, 0.15) is 48.3 Å². The highest BCUT2D eigenvalue weighted by Crippen LogP contribution is 2.41. The maximum Gasteiger partial charge on any atom is 0.0410 e. The van der Waals surface area contributed by atoms with Crippen LogP contribution in [0.5, 0.6) is 0 Å². The molecule has 0 heterocycles. The Morgan fingerprint density at radius 2 is 1.50 bits per heavy atom. The second kappa shape index (κ2) is 5.41. The lowest BCUT2D eigenvalue weighted by atomic mass is 9.71. The van der Waals surface area contributed by atoms with Crippen LogP contribution in [-0.4, -0.2) is 0 Å². The van der Waals surface area contributed by atoms with Gasteiger partial charge in [-0.2, -0.15) is 0 Å². The second-order valence-electron chi connectivity index (χ2n) is 6.21. The van der Waals surface area contributed by atoms with Gasteiger partial charge >= 0.3 is 0 Å². The van der Waals surface area contributed by atoms with Crippen LogP contribution in [0.2, 0.25) is 0 Å². The van der Waals surface area contributed by atoms with Gasteiger partial charge in [0.1, 0.15) is 0 Å². The Morgan fingerprint density at radius 3 is 2.10 bits per heavy atom. The molecule has 0 unspecified atom stereocenters. The van der Waals surface area contributed by atoms with E-state index in [4.69, 9.17) is 5.73 Å². The number of hydrogen-bond donors (Lipinski definition) is 1. The van der Waals surface area contributed by atoms with Gasteiger partial charge in [0.05, 0.1) is 0 Å². The van der Waals surface area contributed by atoms with Gasteiger partial charge < -0.3 is 5.73 Å². The van der Waals surface area contributed by atoms with Crippen LogP contribution in [0, 0.1) is 6.92 Å². The summed E-state index contributed by atoms with van der Waals surface area (Å²) in [4.78, 5) is 0. The van der Waals surface area contributed by atoms with Crippen LogP contribution in [0.4, 0.5) is 0 Å². The molecule has 0 aliphatic heterocycles. The summed E-state index contributed by atoms with van der Waals surface area (Å²) >= 11 is 0. The minimum atomic E-state index is -0.126. The van der Waals surface area contributed by atoms with Crippen molar-refractivity contribution in [2.24, 2.45) is 5.73 Å². The van der Waals surface area contributed by atoms with E-state index in [1.54, 1.807) is 0 Å². The monoisotopic (exact) mass is 265 g/mol. The predicted molar refractivity (Wildman–Crippen MR) is 84.7 cm³/mol. The van der Waals surface area contributed by atoms with E-state index in [1.165, 1.54) is 29.5 Å². The van der Waals surface area contributed by atoms with Crippen molar-refractivity contribution in [3.8, 4) is 0 Å². The fourth-order valence-corrected chi connectivity index (χ4v) is 3.37. The zero-order valence-electron chi connectivity index (χ0n) is 12.2. The summed E-state index contributed by atoms with van der Waals surface area (Å²) in [6.07, 6.45) is 4.54. The normalized spacial score (nSPS) is 26.4. The standard InChI is InChI=1S/C19H23N/c1-15-7-9-18(10-8-15)19(20)13-11-17(12-14-19)16-5-3-2-4-6-16/h2-10,17H,11-14,20H2,1H3. The average molecular weight is 265 g/mol. The van der Waals surface area contributed by atoms with Crippen molar-refractivity contribution in [1.82, 2.24) is 0 Å². The zero-order valence-corrected chi connectivity index (χ0v) is 12.2. The van der Waals surface area contributed by atoms with E-state index in [0.29, 0.717) is 5.92 Å². The van der Waals surface area contributed by atoms with Gasteiger partial charge in [0.15, 0.2) is 0 Å². The Labute approximate surface area is 121 Å². The lowest BCUT2D eigenvalue weighted by Crippen LogP contribution is -2.40. The first-order chi connectivity index (χ1) is 9.67. The number of nitrogens with two attached hydrogens (primary N) is 1. The molecular formula is C19H23N. The first-order valence-electron chi connectivity index (χ1n) is 7.58. The molecule has 1 aliphatic rings. The van der Waals surface area contributed by atoms with E-state index >= 15 is 0 Å². The van der Waals surface area contributed by atoms with Gasteiger partial charge in [-0.3, -0.25) is 0 Å². The first kappa shape index (κ1) is 13.4. The van der Waals surface area contributed by atoms with E-state index in [9.17, 15) is 0 Å².